The van der Waals surface area contributed by atoms with Crippen molar-refractivity contribution in [2.24, 2.45) is 11.8 Å². The van der Waals surface area contributed by atoms with Crippen LogP contribution in [0.3, 0.4) is 0 Å². The summed E-state index contributed by atoms with van der Waals surface area (Å²) in [7, 11) is 0. The first kappa shape index (κ1) is 19.1. The summed E-state index contributed by atoms with van der Waals surface area (Å²) in [5.41, 5.74) is 0.743. The molecule has 2 heterocycles. The molecule has 1 aromatic heterocycles. The summed E-state index contributed by atoms with van der Waals surface area (Å²) < 4.78 is -1.90. The summed E-state index contributed by atoms with van der Waals surface area (Å²) in [4.78, 5) is 27.8. The van der Waals surface area contributed by atoms with Gasteiger partial charge in [-0.25, -0.2) is 0 Å². The van der Waals surface area contributed by atoms with E-state index in [0.717, 1.165) is 10.6 Å². The molecule has 1 saturated carbocycles. The van der Waals surface area contributed by atoms with Gasteiger partial charge in [0, 0.05) is 24.9 Å². The highest BCUT2D eigenvalue weighted by Gasteiger charge is 2.87. The molecule has 26 heavy (non-hydrogen) atoms. The third-order valence-electron chi connectivity index (χ3n) is 5.32. The highest BCUT2D eigenvalue weighted by Crippen LogP contribution is 2.77. The Labute approximate surface area is 179 Å². The lowest BCUT2D eigenvalue weighted by atomic mass is 9.84. The Balaban J connectivity index is 1.70. The molecule has 2 fully saturated rings. The zero-order chi connectivity index (χ0) is 19.1. The number of aromatic nitrogens is 1. The normalized spacial score (nSPS) is 37.7. The fraction of sp³-hybridized carbons (Fsp3) is 0.438. The van der Waals surface area contributed by atoms with Crippen LogP contribution in [-0.2, 0) is 16.0 Å². The van der Waals surface area contributed by atoms with Crippen molar-refractivity contribution < 1.29 is 9.59 Å². The van der Waals surface area contributed by atoms with E-state index in [1.165, 1.54) is 0 Å². The van der Waals surface area contributed by atoms with Crippen molar-refractivity contribution in [1.29, 1.82) is 0 Å². The standard InChI is InChI=1S/C16H10Cl6N2O2/c17-10-11(18)15(20)9-8(14(10,19)16(15,21)22)12(25)24(13(9)26)6-4-7-3-1-2-5-23-7/h1-3,5,8-9H,4,6H2/t8-,9+,14-,15+. The maximum Gasteiger partial charge on any atom is 0.235 e. The van der Waals surface area contributed by atoms with Gasteiger partial charge in [-0.1, -0.05) is 52.5 Å². The molecule has 138 valence electrons. The molecule has 0 radical (unpaired) electrons. The van der Waals surface area contributed by atoms with Crippen LogP contribution >= 0.6 is 69.6 Å². The summed E-state index contributed by atoms with van der Waals surface area (Å²) >= 11 is 38.6. The fourth-order valence-corrected chi connectivity index (χ4v) is 6.97. The Hall–Kier alpha value is -0.230. The number of halogens is 6. The van der Waals surface area contributed by atoms with E-state index in [9.17, 15) is 9.59 Å². The van der Waals surface area contributed by atoms with Crippen LogP contribution in [0.1, 0.15) is 5.69 Å². The van der Waals surface area contributed by atoms with E-state index in [-0.39, 0.29) is 16.6 Å². The molecule has 4 rings (SSSR count). The number of nitrogens with zero attached hydrogens (tertiary/aromatic N) is 2. The number of likely N-dealkylation sites (tertiary alicyclic amines) is 1. The SMILES string of the molecule is O=C1[C@@H]2[C@H](C(=O)N1CCc1ccccn1)[C@@]1(Cl)C(Cl)=C(Cl)[C@]2(Cl)C1(Cl)Cl. The number of allylic oxidation sites excluding steroid dienone is 2. The second-order valence-corrected chi connectivity index (χ2v) is 9.76. The second-order valence-electron chi connectivity index (χ2n) is 6.48. The molecule has 3 aliphatic rings. The molecular weight excluding hydrogens is 465 g/mol. The smallest absolute Gasteiger partial charge is 0.235 e. The predicted molar refractivity (Wildman–Crippen MR) is 102 cm³/mol. The zero-order valence-electron chi connectivity index (χ0n) is 12.9. The monoisotopic (exact) mass is 472 g/mol. The third-order valence-corrected chi connectivity index (χ3v) is 9.58. The first-order valence-corrected chi connectivity index (χ1v) is 9.94. The van der Waals surface area contributed by atoms with Crippen LogP contribution in [0.2, 0.25) is 0 Å². The van der Waals surface area contributed by atoms with Crippen LogP contribution < -0.4 is 0 Å². The summed E-state index contributed by atoms with van der Waals surface area (Å²) in [5.74, 6) is -3.19. The Morgan fingerprint density at radius 1 is 0.962 bits per heavy atom. The lowest BCUT2D eigenvalue weighted by Gasteiger charge is -2.34. The van der Waals surface area contributed by atoms with Crippen LogP contribution in [0.15, 0.2) is 34.5 Å². The largest absolute Gasteiger partial charge is 0.282 e. The van der Waals surface area contributed by atoms with E-state index in [4.69, 9.17) is 69.6 Å². The molecule has 1 aliphatic heterocycles. The topological polar surface area (TPSA) is 50.3 Å². The van der Waals surface area contributed by atoms with Gasteiger partial charge in [0.2, 0.25) is 11.8 Å². The molecule has 4 nitrogen and oxygen atoms in total. The van der Waals surface area contributed by atoms with Gasteiger partial charge >= 0.3 is 0 Å². The number of imide groups is 1. The molecule has 0 aromatic carbocycles. The molecule has 0 spiro atoms. The number of pyridine rings is 1. The maximum absolute atomic E-state index is 13.0. The first-order chi connectivity index (χ1) is 12.1. The molecule has 2 aliphatic carbocycles. The van der Waals surface area contributed by atoms with Gasteiger partial charge in [0.05, 0.1) is 21.9 Å². The van der Waals surface area contributed by atoms with Crippen LogP contribution in [0, 0.1) is 11.8 Å². The minimum absolute atomic E-state index is 0.0881. The zero-order valence-corrected chi connectivity index (χ0v) is 17.4. The fourth-order valence-electron chi connectivity index (χ4n) is 4.05. The Morgan fingerprint density at radius 3 is 1.96 bits per heavy atom. The van der Waals surface area contributed by atoms with E-state index in [2.05, 4.69) is 4.98 Å². The average Bonchev–Trinajstić information content (AvgIpc) is 2.99. The van der Waals surface area contributed by atoms with E-state index >= 15 is 0 Å². The van der Waals surface area contributed by atoms with Crippen molar-refractivity contribution in [3.63, 3.8) is 0 Å². The molecule has 10 heteroatoms. The van der Waals surface area contributed by atoms with Gasteiger partial charge in [-0.2, -0.15) is 0 Å². The number of amides is 2. The van der Waals surface area contributed by atoms with Gasteiger partial charge in [0.15, 0.2) is 4.33 Å². The average molecular weight is 475 g/mol. The maximum atomic E-state index is 13.0. The number of hydrogen-bond acceptors (Lipinski definition) is 3. The number of hydrogen-bond donors (Lipinski definition) is 0. The number of carbonyl (C=O) groups is 2. The van der Waals surface area contributed by atoms with E-state index in [1.807, 2.05) is 6.07 Å². The van der Waals surface area contributed by atoms with Crippen molar-refractivity contribution in [1.82, 2.24) is 9.88 Å². The van der Waals surface area contributed by atoms with Crippen molar-refractivity contribution >= 4 is 81.4 Å². The van der Waals surface area contributed by atoms with E-state index in [0.29, 0.717) is 6.42 Å². The number of rotatable bonds is 3. The van der Waals surface area contributed by atoms with Crippen molar-refractivity contribution in [2.45, 2.75) is 20.5 Å². The molecule has 4 atom stereocenters. The number of alkyl halides is 4. The minimum atomic E-state index is -1.90. The van der Waals surface area contributed by atoms with Crippen LogP contribution in [0.25, 0.3) is 0 Å². The molecule has 2 bridgehead atoms. The molecule has 1 aromatic rings. The van der Waals surface area contributed by atoms with Gasteiger partial charge in [-0.15, -0.1) is 23.2 Å². The van der Waals surface area contributed by atoms with Crippen molar-refractivity contribution in [3.05, 3.63) is 40.2 Å². The molecule has 0 unspecified atom stereocenters. The van der Waals surface area contributed by atoms with Gasteiger partial charge in [-0.05, 0) is 12.1 Å². The first-order valence-electron chi connectivity index (χ1n) is 7.67. The van der Waals surface area contributed by atoms with Crippen molar-refractivity contribution in [2.75, 3.05) is 6.54 Å². The quantitative estimate of drug-likeness (QED) is 0.490. The third kappa shape index (κ3) is 1.99. The van der Waals surface area contributed by atoms with Gasteiger partial charge in [0.25, 0.3) is 0 Å². The second kappa shape index (κ2) is 5.88. The summed E-state index contributed by atoms with van der Waals surface area (Å²) in [6, 6.07) is 5.41. The predicted octanol–water partition coefficient (Wildman–Crippen LogP) is 4.07. The highest BCUT2D eigenvalue weighted by atomic mass is 35.5. The van der Waals surface area contributed by atoms with Crippen molar-refractivity contribution in [3.8, 4) is 0 Å². The van der Waals surface area contributed by atoms with E-state index < -0.39 is 37.7 Å². The summed E-state index contributed by atoms with van der Waals surface area (Å²) in [6.07, 6.45) is 2.03. The highest BCUT2D eigenvalue weighted by molar-refractivity contribution is 6.66. The Morgan fingerprint density at radius 2 is 1.50 bits per heavy atom. The van der Waals surface area contributed by atoms with Crippen LogP contribution in [-0.4, -0.2) is 42.3 Å². The molecule has 2 amide bonds. The Bertz CT molecular complexity index is 814. The van der Waals surface area contributed by atoms with Gasteiger partial charge in [0.1, 0.15) is 9.75 Å². The molecule has 1 saturated heterocycles. The summed E-state index contributed by atoms with van der Waals surface area (Å²) in [6.45, 7) is 0.133. The minimum Gasteiger partial charge on any atom is -0.282 e. The lowest BCUT2D eigenvalue weighted by molar-refractivity contribution is -0.140. The Kier molecular flexibility index (Phi) is 4.32. The molecular formula is C16H10Cl6N2O2. The number of carbonyl (C=O) groups excluding carboxylic acids is 2. The van der Waals surface area contributed by atoms with Gasteiger partial charge in [-0.3, -0.25) is 19.5 Å². The van der Waals surface area contributed by atoms with Crippen LogP contribution in [0.4, 0.5) is 0 Å². The number of fused-ring (bicyclic) bond motifs is 5. The molecule has 0 N–H and O–H groups in total. The van der Waals surface area contributed by atoms with Gasteiger partial charge < -0.3 is 0 Å². The van der Waals surface area contributed by atoms with Crippen LogP contribution in [0.5, 0.6) is 0 Å². The van der Waals surface area contributed by atoms with E-state index in [1.54, 1.807) is 18.3 Å². The summed E-state index contributed by atoms with van der Waals surface area (Å²) in [5, 5.41) is -0.176. The lowest BCUT2D eigenvalue weighted by Crippen LogP contribution is -2.50.